The van der Waals surface area contributed by atoms with Gasteiger partial charge in [0.25, 0.3) is 0 Å². The molecule has 3 N–H and O–H groups in total. The molecule has 0 amide bonds. The molecule has 2 aromatic carbocycles. The van der Waals surface area contributed by atoms with Crippen LogP contribution in [0.2, 0.25) is 0 Å². The Balaban J connectivity index is 0.000000179. The lowest BCUT2D eigenvalue weighted by Crippen LogP contribution is -2.07. The van der Waals surface area contributed by atoms with Crippen molar-refractivity contribution in [2.24, 2.45) is 5.84 Å². The zero-order chi connectivity index (χ0) is 16.8. The summed E-state index contributed by atoms with van der Waals surface area (Å²) in [6.07, 6.45) is 2.58. The molecule has 0 radical (unpaired) electrons. The summed E-state index contributed by atoms with van der Waals surface area (Å²) < 4.78 is 0. The predicted molar refractivity (Wildman–Crippen MR) is 96.7 cm³/mol. The number of aldehydes is 1. The number of nitrogens with one attached hydrogen (secondary N) is 1. The number of benzene rings is 2. The van der Waals surface area contributed by atoms with Crippen molar-refractivity contribution in [2.45, 2.75) is 0 Å². The van der Waals surface area contributed by atoms with E-state index in [-0.39, 0.29) is 0 Å². The third kappa shape index (κ3) is 3.21. The maximum atomic E-state index is 11.2. The van der Waals surface area contributed by atoms with Crippen LogP contribution in [0.25, 0.3) is 21.8 Å². The molecule has 0 fully saturated rings. The van der Waals surface area contributed by atoms with Crippen LogP contribution in [0, 0.1) is 0 Å². The van der Waals surface area contributed by atoms with E-state index in [9.17, 15) is 4.79 Å². The van der Waals surface area contributed by atoms with Crippen molar-refractivity contribution < 1.29 is 4.79 Å². The van der Waals surface area contributed by atoms with Crippen molar-refractivity contribution in [3.8, 4) is 0 Å². The number of carbonyl (C=O) groups is 1. The Morgan fingerprint density at radius 2 is 1.42 bits per heavy atom. The number of fused-ring (bicyclic) bond motifs is 2. The van der Waals surface area contributed by atoms with Gasteiger partial charge in [-0.3, -0.25) is 4.79 Å². The number of pyridine rings is 2. The van der Waals surface area contributed by atoms with Crippen molar-refractivity contribution in [3.05, 3.63) is 78.5 Å². The van der Waals surface area contributed by atoms with E-state index in [0.29, 0.717) is 5.82 Å². The second kappa shape index (κ2) is 7.30. The summed E-state index contributed by atoms with van der Waals surface area (Å²) in [4.78, 5) is 19.6. The lowest BCUT2D eigenvalue weighted by molar-refractivity contribution is 0.112. The van der Waals surface area contributed by atoms with Crippen LogP contribution in [0.15, 0.2) is 72.9 Å². The highest BCUT2D eigenvalue weighted by Crippen LogP contribution is 2.23. The molecule has 0 saturated heterocycles. The van der Waals surface area contributed by atoms with E-state index in [1.165, 1.54) is 0 Å². The van der Waals surface area contributed by atoms with Crippen LogP contribution in [-0.4, -0.2) is 16.3 Å². The smallest absolute Gasteiger partial charge is 0.151 e. The maximum Gasteiger partial charge on any atom is 0.151 e. The monoisotopic (exact) mass is 316 g/mol. The molecule has 0 atom stereocenters. The van der Waals surface area contributed by atoms with Crippen LogP contribution in [-0.2, 0) is 0 Å². The third-order valence-corrected chi connectivity index (χ3v) is 3.56. The molecule has 0 bridgehead atoms. The summed E-state index contributed by atoms with van der Waals surface area (Å²) in [6, 6.07) is 20.9. The van der Waals surface area contributed by atoms with E-state index in [4.69, 9.17) is 5.84 Å². The van der Waals surface area contributed by atoms with Gasteiger partial charge < -0.3 is 5.43 Å². The van der Waals surface area contributed by atoms with E-state index in [1.807, 2.05) is 60.7 Å². The summed E-state index contributed by atoms with van der Waals surface area (Å²) >= 11 is 0. The number of hydrogen-bond donors (Lipinski definition) is 2. The van der Waals surface area contributed by atoms with Gasteiger partial charge in [-0.05, 0) is 24.3 Å². The van der Waals surface area contributed by atoms with Gasteiger partial charge in [0.15, 0.2) is 6.29 Å². The number of anilines is 1. The number of nitrogens with zero attached hydrogens (tertiary/aromatic N) is 2. The molecule has 5 nitrogen and oxygen atoms in total. The molecule has 0 aliphatic carbocycles. The first kappa shape index (κ1) is 15.6. The Morgan fingerprint density at radius 1 is 0.833 bits per heavy atom. The minimum atomic E-state index is 0.688. The molecule has 2 heterocycles. The van der Waals surface area contributed by atoms with Crippen LogP contribution in [0.4, 0.5) is 5.82 Å². The third-order valence-electron chi connectivity index (χ3n) is 3.56. The van der Waals surface area contributed by atoms with Crippen molar-refractivity contribution in [3.63, 3.8) is 0 Å². The van der Waals surface area contributed by atoms with Gasteiger partial charge in [-0.25, -0.2) is 15.8 Å². The Hall–Kier alpha value is -3.31. The number of nitrogens with two attached hydrogens (primary N) is 1. The number of hydrogen-bond acceptors (Lipinski definition) is 5. The topological polar surface area (TPSA) is 80.9 Å². The fourth-order valence-electron chi connectivity index (χ4n) is 2.45. The Bertz CT molecular complexity index is 916. The molecule has 0 spiro atoms. The van der Waals surface area contributed by atoms with E-state index >= 15 is 0 Å². The Labute approximate surface area is 139 Å². The summed E-state index contributed by atoms with van der Waals surface area (Å²) in [5.41, 5.74) is 4.87. The summed E-state index contributed by atoms with van der Waals surface area (Å²) in [5.74, 6) is 5.72. The second-order valence-corrected chi connectivity index (χ2v) is 5.04. The fourth-order valence-corrected chi connectivity index (χ4v) is 2.45. The molecule has 118 valence electrons. The number of rotatable bonds is 2. The molecular formula is C19H16N4O. The molecule has 0 saturated carbocycles. The van der Waals surface area contributed by atoms with Crippen LogP contribution in [0.3, 0.4) is 0 Å². The zero-order valence-corrected chi connectivity index (χ0v) is 12.9. The Kier molecular flexibility index (Phi) is 4.74. The van der Waals surface area contributed by atoms with Crippen molar-refractivity contribution in [1.82, 2.24) is 9.97 Å². The molecule has 24 heavy (non-hydrogen) atoms. The molecule has 0 unspecified atom stereocenters. The average molecular weight is 316 g/mol. The predicted octanol–water partition coefficient (Wildman–Crippen LogP) is 3.57. The van der Waals surface area contributed by atoms with E-state index in [2.05, 4.69) is 15.4 Å². The van der Waals surface area contributed by atoms with Gasteiger partial charge >= 0.3 is 0 Å². The van der Waals surface area contributed by atoms with Crippen molar-refractivity contribution >= 4 is 33.9 Å². The molecule has 5 heteroatoms. The van der Waals surface area contributed by atoms with Gasteiger partial charge in [-0.15, -0.1) is 0 Å². The van der Waals surface area contributed by atoms with Gasteiger partial charge in [0, 0.05) is 22.5 Å². The molecule has 0 aliphatic heterocycles. The van der Waals surface area contributed by atoms with Crippen molar-refractivity contribution in [2.75, 3.05) is 5.43 Å². The number of hydrazine groups is 1. The minimum absolute atomic E-state index is 0.688. The summed E-state index contributed by atoms with van der Waals surface area (Å²) in [7, 11) is 0. The van der Waals surface area contributed by atoms with Gasteiger partial charge in [0.2, 0.25) is 0 Å². The first-order chi connectivity index (χ1) is 11.8. The van der Waals surface area contributed by atoms with Crippen LogP contribution < -0.4 is 11.3 Å². The fraction of sp³-hybridized carbons (Fsp3) is 0. The van der Waals surface area contributed by atoms with E-state index in [0.717, 1.165) is 33.7 Å². The zero-order valence-electron chi connectivity index (χ0n) is 12.9. The first-order valence-electron chi connectivity index (χ1n) is 7.44. The summed E-state index contributed by atoms with van der Waals surface area (Å²) in [5, 5.41) is 1.83. The molecular weight excluding hydrogens is 300 g/mol. The van der Waals surface area contributed by atoms with Crippen LogP contribution >= 0.6 is 0 Å². The average Bonchev–Trinajstić information content (AvgIpc) is 2.67. The number of carbonyl (C=O) groups excluding carboxylic acids is 1. The normalized spacial score (nSPS) is 10.0. The minimum Gasteiger partial charge on any atom is -0.308 e. The standard InChI is InChI=1S/C14H9NO.C5H7N3/c16-9-12-10-5-1-3-7-13(10)15-14-8-4-2-6-11(12)14;6-8-5-3-1-2-4-7-5/h1-9H;1-4H,6H2,(H,7,8). The van der Waals surface area contributed by atoms with Crippen LogP contribution in [0.1, 0.15) is 10.4 Å². The number of para-hydroxylation sites is 2. The molecule has 4 aromatic rings. The number of nitrogen functional groups attached to an aromatic ring is 1. The first-order valence-corrected chi connectivity index (χ1v) is 7.44. The van der Waals surface area contributed by atoms with Gasteiger partial charge in [0.05, 0.1) is 11.0 Å². The van der Waals surface area contributed by atoms with E-state index < -0.39 is 0 Å². The molecule has 4 rings (SSSR count). The largest absolute Gasteiger partial charge is 0.308 e. The molecule has 2 aromatic heterocycles. The van der Waals surface area contributed by atoms with E-state index in [1.54, 1.807) is 12.3 Å². The second-order valence-electron chi connectivity index (χ2n) is 5.04. The lowest BCUT2D eigenvalue weighted by atomic mass is 10.0. The highest BCUT2D eigenvalue weighted by Gasteiger charge is 2.06. The highest BCUT2D eigenvalue weighted by atomic mass is 16.1. The van der Waals surface area contributed by atoms with Crippen LogP contribution in [0.5, 0.6) is 0 Å². The van der Waals surface area contributed by atoms with Gasteiger partial charge in [0.1, 0.15) is 5.82 Å². The highest BCUT2D eigenvalue weighted by molar-refractivity contribution is 6.09. The van der Waals surface area contributed by atoms with Gasteiger partial charge in [-0.1, -0.05) is 42.5 Å². The van der Waals surface area contributed by atoms with Gasteiger partial charge in [-0.2, -0.15) is 0 Å². The Morgan fingerprint density at radius 3 is 1.88 bits per heavy atom. The SMILES string of the molecule is NNc1ccccn1.O=Cc1c2ccccc2nc2ccccc12. The van der Waals surface area contributed by atoms with Crippen molar-refractivity contribution in [1.29, 1.82) is 0 Å². The number of aromatic nitrogens is 2. The lowest BCUT2D eigenvalue weighted by Gasteiger charge is -2.04. The summed E-state index contributed by atoms with van der Waals surface area (Å²) in [6.45, 7) is 0. The maximum absolute atomic E-state index is 11.2. The molecule has 0 aliphatic rings. The quantitative estimate of drug-likeness (QED) is 0.256.